The van der Waals surface area contributed by atoms with E-state index >= 15 is 0 Å². The minimum atomic E-state index is -0.518. The highest BCUT2D eigenvalue weighted by molar-refractivity contribution is 5.98. The van der Waals surface area contributed by atoms with Gasteiger partial charge in [0, 0.05) is 19.1 Å². The van der Waals surface area contributed by atoms with Gasteiger partial charge in [-0.3, -0.25) is 4.79 Å². The average molecular weight is 332 g/mol. The first kappa shape index (κ1) is 16.8. The molecule has 1 saturated heterocycles. The molecule has 0 bridgehead atoms. The van der Waals surface area contributed by atoms with Gasteiger partial charge >= 0.3 is 5.97 Å². The molecule has 0 radical (unpaired) electrons. The minimum Gasteiger partial charge on any atom is -0.482 e. The van der Waals surface area contributed by atoms with E-state index < -0.39 is 5.41 Å². The van der Waals surface area contributed by atoms with E-state index in [1.807, 2.05) is 49.9 Å². The van der Waals surface area contributed by atoms with Crippen molar-refractivity contribution in [3.05, 3.63) is 24.3 Å². The number of carbonyl (C=O) groups is 2. The Morgan fingerprint density at radius 2 is 1.88 bits per heavy atom. The average Bonchev–Trinajstić information content (AvgIpc) is 2.55. The van der Waals surface area contributed by atoms with E-state index in [0.717, 1.165) is 24.3 Å². The number of anilines is 1. The van der Waals surface area contributed by atoms with Crippen LogP contribution in [0.5, 0.6) is 5.75 Å². The van der Waals surface area contributed by atoms with Gasteiger partial charge in [-0.1, -0.05) is 12.1 Å². The Bertz CT molecular complexity index is 630. The van der Waals surface area contributed by atoms with Gasteiger partial charge in [0.25, 0.3) is 5.91 Å². The van der Waals surface area contributed by atoms with Crippen LogP contribution in [0.3, 0.4) is 0 Å². The molecule has 2 aliphatic heterocycles. The first-order valence-corrected chi connectivity index (χ1v) is 8.37. The standard InChI is InChI=1S/C18H24N2O4/c1-18(2,3)17(22)24-19-10-8-13(9-11-19)20-14-6-4-5-7-15(14)23-12-16(20)21/h4-7,13H,8-12H2,1-3H3. The van der Waals surface area contributed by atoms with E-state index in [1.54, 1.807) is 5.06 Å². The fourth-order valence-electron chi connectivity index (χ4n) is 2.97. The fraction of sp³-hybridized carbons (Fsp3) is 0.556. The predicted octanol–water partition coefficient (Wildman–Crippen LogP) is 2.38. The van der Waals surface area contributed by atoms with Crippen molar-refractivity contribution in [3.63, 3.8) is 0 Å². The Morgan fingerprint density at radius 3 is 2.54 bits per heavy atom. The summed E-state index contributed by atoms with van der Waals surface area (Å²) in [6.07, 6.45) is 1.52. The van der Waals surface area contributed by atoms with Gasteiger partial charge in [0.15, 0.2) is 6.61 Å². The zero-order chi connectivity index (χ0) is 17.3. The molecule has 24 heavy (non-hydrogen) atoms. The number of para-hydroxylation sites is 2. The number of carbonyl (C=O) groups excluding carboxylic acids is 2. The Labute approximate surface area is 142 Å². The number of rotatable bonds is 2. The van der Waals surface area contributed by atoms with Crippen LogP contribution >= 0.6 is 0 Å². The lowest BCUT2D eigenvalue weighted by atomic mass is 9.97. The predicted molar refractivity (Wildman–Crippen MR) is 89.6 cm³/mol. The van der Waals surface area contributed by atoms with Crippen LogP contribution in [0.25, 0.3) is 0 Å². The monoisotopic (exact) mass is 332 g/mol. The van der Waals surface area contributed by atoms with Gasteiger partial charge in [-0.15, -0.1) is 5.06 Å². The first-order valence-electron chi connectivity index (χ1n) is 8.37. The van der Waals surface area contributed by atoms with E-state index in [4.69, 9.17) is 9.57 Å². The number of ether oxygens (including phenoxy) is 1. The molecule has 130 valence electrons. The molecule has 3 rings (SSSR count). The van der Waals surface area contributed by atoms with Gasteiger partial charge in [0.2, 0.25) is 0 Å². The summed E-state index contributed by atoms with van der Waals surface area (Å²) in [7, 11) is 0. The highest BCUT2D eigenvalue weighted by atomic mass is 16.7. The van der Waals surface area contributed by atoms with E-state index in [9.17, 15) is 9.59 Å². The molecule has 6 nitrogen and oxygen atoms in total. The smallest absolute Gasteiger partial charge is 0.330 e. The molecule has 1 amide bonds. The van der Waals surface area contributed by atoms with Crippen LogP contribution in [0.2, 0.25) is 0 Å². The van der Waals surface area contributed by atoms with Crippen LogP contribution in [-0.4, -0.2) is 42.7 Å². The lowest BCUT2D eigenvalue weighted by molar-refractivity contribution is -0.204. The van der Waals surface area contributed by atoms with E-state index in [-0.39, 0.29) is 24.5 Å². The third kappa shape index (κ3) is 3.38. The molecule has 1 aromatic carbocycles. The molecular formula is C18H24N2O4. The van der Waals surface area contributed by atoms with Crippen LogP contribution in [-0.2, 0) is 14.4 Å². The van der Waals surface area contributed by atoms with Crippen molar-refractivity contribution >= 4 is 17.6 Å². The van der Waals surface area contributed by atoms with Crippen LogP contribution in [0.4, 0.5) is 5.69 Å². The van der Waals surface area contributed by atoms with Crippen LogP contribution in [0.15, 0.2) is 24.3 Å². The number of piperidine rings is 1. The Morgan fingerprint density at radius 1 is 1.21 bits per heavy atom. The minimum absolute atomic E-state index is 0.0150. The Hall–Kier alpha value is -2.08. The van der Waals surface area contributed by atoms with Gasteiger partial charge in [-0.2, -0.15) is 0 Å². The van der Waals surface area contributed by atoms with Crippen molar-refractivity contribution in [2.45, 2.75) is 39.7 Å². The number of amides is 1. The van der Waals surface area contributed by atoms with Crippen molar-refractivity contribution in [2.24, 2.45) is 5.41 Å². The second kappa shape index (κ2) is 6.43. The highest BCUT2D eigenvalue weighted by Crippen LogP contribution is 2.35. The van der Waals surface area contributed by atoms with Crippen molar-refractivity contribution in [3.8, 4) is 5.75 Å². The Kier molecular flexibility index (Phi) is 4.49. The van der Waals surface area contributed by atoms with Gasteiger partial charge < -0.3 is 14.5 Å². The van der Waals surface area contributed by atoms with Crippen LogP contribution in [0.1, 0.15) is 33.6 Å². The molecule has 0 aromatic heterocycles. The second-order valence-electron chi connectivity index (χ2n) is 7.31. The molecule has 0 unspecified atom stereocenters. The molecule has 0 saturated carbocycles. The SMILES string of the molecule is CC(C)(C)C(=O)ON1CCC(N2C(=O)COc3ccccc32)CC1. The maximum absolute atomic E-state index is 12.3. The molecule has 1 fully saturated rings. The number of hydrogen-bond donors (Lipinski definition) is 0. The molecule has 2 heterocycles. The molecular weight excluding hydrogens is 308 g/mol. The quantitative estimate of drug-likeness (QED) is 0.832. The van der Waals surface area contributed by atoms with E-state index in [0.29, 0.717) is 13.1 Å². The lowest BCUT2D eigenvalue weighted by Crippen LogP contribution is -2.51. The van der Waals surface area contributed by atoms with Crippen molar-refractivity contribution < 1.29 is 19.2 Å². The molecule has 1 aromatic rings. The first-order chi connectivity index (χ1) is 11.4. The number of hydrogen-bond acceptors (Lipinski definition) is 5. The normalized spacial score (nSPS) is 19.6. The molecule has 0 atom stereocenters. The van der Waals surface area contributed by atoms with Gasteiger partial charge in [0.05, 0.1) is 11.1 Å². The summed E-state index contributed by atoms with van der Waals surface area (Å²) in [5, 5.41) is 1.71. The summed E-state index contributed by atoms with van der Waals surface area (Å²) >= 11 is 0. The van der Waals surface area contributed by atoms with E-state index in [1.165, 1.54) is 0 Å². The zero-order valence-electron chi connectivity index (χ0n) is 14.4. The maximum atomic E-state index is 12.3. The van der Waals surface area contributed by atoms with Crippen molar-refractivity contribution in [1.82, 2.24) is 5.06 Å². The third-order valence-corrected chi connectivity index (χ3v) is 4.36. The van der Waals surface area contributed by atoms with Crippen LogP contribution in [0, 0.1) is 5.41 Å². The number of hydroxylamine groups is 2. The summed E-state index contributed by atoms with van der Waals surface area (Å²) in [5.41, 5.74) is 0.314. The van der Waals surface area contributed by atoms with Crippen molar-refractivity contribution in [2.75, 3.05) is 24.6 Å². The number of benzene rings is 1. The van der Waals surface area contributed by atoms with Crippen molar-refractivity contribution in [1.29, 1.82) is 0 Å². The van der Waals surface area contributed by atoms with Gasteiger partial charge in [-0.05, 0) is 45.7 Å². The summed E-state index contributed by atoms with van der Waals surface area (Å²) in [6.45, 7) is 6.84. The van der Waals surface area contributed by atoms with Gasteiger partial charge in [0.1, 0.15) is 5.75 Å². The molecule has 2 aliphatic rings. The third-order valence-electron chi connectivity index (χ3n) is 4.36. The summed E-state index contributed by atoms with van der Waals surface area (Å²) in [5.74, 6) is 0.506. The molecule has 6 heteroatoms. The number of nitrogens with zero attached hydrogens (tertiary/aromatic N) is 2. The number of fused-ring (bicyclic) bond motifs is 1. The lowest BCUT2D eigenvalue weighted by Gasteiger charge is -2.40. The topological polar surface area (TPSA) is 59.1 Å². The zero-order valence-corrected chi connectivity index (χ0v) is 14.4. The highest BCUT2D eigenvalue weighted by Gasteiger charge is 2.35. The fourth-order valence-corrected chi connectivity index (χ4v) is 2.97. The summed E-state index contributed by atoms with van der Waals surface area (Å²) in [4.78, 5) is 31.6. The largest absolute Gasteiger partial charge is 0.482 e. The van der Waals surface area contributed by atoms with Gasteiger partial charge in [-0.25, -0.2) is 4.79 Å². The van der Waals surface area contributed by atoms with E-state index in [2.05, 4.69) is 0 Å². The Balaban J connectivity index is 1.65. The summed E-state index contributed by atoms with van der Waals surface area (Å²) < 4.78 is 5.50. The molecule has 0 aliphatic carbocycles. The maximum Gasteiger partial charge on any atom is 0.330 e. The second-order valence-corrected chi connectivity index (χ2v) is 7.31. The van der Waals surface area contributed by atoms with Crippen LogP contribution < -0.4 is 9.64 Å². The summed E-state index contributed by atoms with van der Waals surface area (Å²) in [6, 6.07) is 7.72. The molecule has 0 spiro atoms. The molecule has 0 N–H and O–H groups in total.